The van der Waals surface area contributed by atoms with Crippen molar-refractivity contribution in [1.29, 1.82) is 5.26 Å². The number of rotatable bonds is 9. The van der Waals surface area contributed by atoms with Gasteiger partial charge in [-0.05, 0) is 58.8 Å². The first-order chi connectivity index (χ1) is 22.2. The molecule has 2 N–H and O–H groups in total. The SMILES string of the molecule is CC(C)(C)C[C@]1(c2ccc(-c3cnn(C(F)F)c3)cc2)N=C(NC(=O)O)N(C(CO[Si](C)(C)C(C)(C)C)c2ccc(Cl)c(C#N)c2)C1=O. The molecule has 1 aromatic heterocycles. The van der Waals surface area contributed by atoms with Crippen molar-refractivity contribution >= 4 is 37.9 Å². The summed E-state index contributed by atoms with van der Waals surface area (Å²) in [4.78, 5) is 33.4. The van der Waals surface area contributed by atoms with Crippen LogP contribution in [0.1, 0.15) is 77.2 Å². The number of benzene rings is 2. The molecule has 0 aliphatic carbocycles. The van der Waals surface area contributed by atoms with Crippen molar-refractivity contribution in [3.8, 4) is 17.2 Å². The number of guanidine groups is 1. The number of nitrogens with zero attached hydrogens (tertiary/aromatic N) is 5. The fraction of sp³-hybridized carbons (Fsp3) is 0.441. The molecular formula is C34H41ClF2N6O4Si. The zero-order valence-corrected chi connectivity index (χ0v) is 30.1. The Labute approximate surface area is 285 Å². The zero-order chi connectivity index (χ0) is 35.8. The molecule has 0 saturated heterocycles. The third-order valence-corrected chi connectivity index (χ3v) is 13.6. The second-order valence-electron chi connectivity index (χ2n) is 14.6. The monoisotopic (exact) mass is 698 g/mol. The summed E-state index contributed by atoms with van der Waals surface area (Å²) in [5.74, 6) is -0.673. The van der Waals surface area contributed by atoms with Gasteiger partial charge in [-0.3, -0.25) is 15.0 Å². The molecule has 1 unspecified atom stereocenters. The molecule has 1 aliphatic rings. The van der Waals surface area contributed by atoms with Gasteiger partial charge in [0, 0.05) is 11.8 Å². The predicted octanol–water partition coefficient (Wildman–Crippen LogP) is 8.33. The van der Waals surface area contributed by atoms with Gasteiger partial charge in [0.15, 0.2) is 13.9 Å². The molecule has 14 heteroatoms. The molecule has 0 saturated carbocycles. The van der Waals surface area contributed by atoms with Crippen LogP contribution in [-0.2, 0) is 14.8 Å². The summed E-state index contributed by atoms with van der Waals surface area (Å²) in [7, 11) is -2.40. The minimum absolute atomic E-state index is 0.00624. The standard InChI is InChI=1S/C34H41ClF2N6O4Si/c1-32(2,3)20-34(25-12-9-21(10-13-25)24-17-39-42(18-24)29(36)37)28(44)43(30(41-34)40-31(45)46)27(19-47-48(7,8)33(4,5)6)22-11-14-26(35)23(15-22)16-38/h9-15,17-18,27,29H,19-20H2,1-8H3,(H,40,41)(H,45,46)/t27?,34-/m1/s1. The van der Waals surface area contributed by atoms with E-state index in [1.165, 1.54) is 17.3 Å². The Kier molecular flexibility index (Phi) is 10.3. The molecule has 2 heterocycles. The van der Waals surface area contributed by atoms with E-state index >= 15 is 4.79 Å². The lowest BCUT2D eigenvalue weighted by Gasteiger charge is -2.39. The molecule has 3 aromatic rings. The number of carbonyl (C=O) groups excluding carboxylic acids is 1. The van der Waals surface area contributed by atoms with E-state index in [1.54, 1.807) is 42.5 Å². The van der Waals surface area contributed by atoms with Crippen LogP contribution < -0.4 is 5.32 Å². The second kappa shape index (κ2) is 13.4. The van der Waals surface area contributed by atoms with Gasteiger partial charge in [-0.1, -0.05) is 83.5 Å². The number of nitrogens with one attached hydrogen (secondary N) is 1. The average molecular weight is 699 g/mol. The van der Waals surface area contributed by atoms with Crippen molar-refractivity contribution in [3.05, 3.63) is 76.6 Å². The minimum Gasteiger partial charge on any atom is -0.465 e. The number of nitriles is 1. The lowest BCUT2D eigenvalue weighted by Crippen LogP contribution is -2.51. The first-order valence-corrected chi connectivity index (χ1v) is 18.7. The minimum atomic E-state index is -2.79. The van der Waals surface area contributed by atoms with Crippen LogP contribution in [0.25, 0.3) is 11.1 Å². The Balaban J connectivity index is 1.89. The summed E-state index contributed by atoms with van der Waals surface area (Å²) in [5, 5.41) is 25.8. The Morgan fingerprint density at radius 2 is 1.77 bits per heavy atom. The summed E-state index contributed by atoms with van der Waals surface area (Å²) in [6.45, 7) is 13.5. The van der Waals surface area contributed by atoms with Crippen molar-refractivity contribution in [2.45, 2.75) is 84.2 Å². The molecule has 1 aliphatic heterocycles. The van der Waals surface area contributed by atoms with Gasteiger partial charge in [0.25, 0.3) is 5.91 Å². The maximum Gasteiger partial charge on any atom is 0.411 e. The molecular weight excluding hydrogens is 658 g/mol. The summed E-state index contributed by atoms with van der Waals surface area (Å²) < 4.78 is 33.5. The zero-order valence-electron chi connectivity index (χ0n) is 28.3. The summed E-state index contributed by atoms with van der Waals surface area (Å²) in [6, 6.07) is 12.8. The highest BCUT2D eigenvalue weighted by Gasteiger charge is 2.54. The Hall–Kier alpha value is -4.12. The molecule has 2 atom stereocenters. The van der Waals surface area contributed by atoms with Gasteiger partial charge >= 0.3 is 12.6 Å². The quantitative estimate of drug-likeness (QED) is 0.216. The third kappa shape index (κ3) is 7.61. The van der Waals surface area contributed by atoms with Crippen molar-refractivity contribution < 1.29 is 27.9 Å². The van der Waals surface area contributed by atoms with E-state index in [0.717, 1.165) is 0 Å². The number of aliphatic imine (C=N–C) groups is 1. The first kappa shape index (κ1) is 36.7. The van der Waals surface area contributed by atoms with Crippen LogP contribution in [0.3, 0.4) is 0 Å². The fourth-order valence-corrected chi connectivity index (χ4v) is 6.58. The van der Waals surface area contributed by atoms with Crippen LogP contribution in [0.5, 0.6) is 0 Å². The number of halogens is 3. The Bertz CT molecular complexity index is 1760. The van der Waals surface area contributed by atoms with Crippen LogP contribution in [0.15, 0.2) is 59.9 Å². The predicted molar refractivity (Wildman–Crippen MR) is 182 cm³/mol. The highest BCUT2D eigenvalue weighted by Crippen LogP contribution is 2.46. The summed E-state index contributed by atoms with van der Waals surface area (Å²) in [6.07, 6.45) is 1.34. The first-order valence-electron chi connectivity index (χ1n) is 15.4. The molecule has 0 fully saturated rings. The van der Waals surface area contributed by atoms with E-state index in [-0.39, 0.29) is 34.6 Å². The number of aromatic nitrogens is 2. The number of amides is 2. The number of carbonyl (C=O) groups is 2. The lowest BCUT2D eigenvalue weighted by atomic mass is 9.75. The van der Waals surface area contributed by atoms with Crippen LogP contribution >= 0.6 is 11.6 Å². The van der Waals surface area contributed by atoms with Crippen LogP contribution in [0.2, 0.25) is 23.2 Å². The molecule has 2 aromatic carbocycles. The van der Waals surface area contributed by atoms with Crippen LogP contribution in [0, 0.1) is 16.7 Å². The van der Waals surface area contributed by atoms with E-state index in [1.807, 2.05) is 20.8 Å². The Morgan fingerprint density at radius 3 is 2.29 bits per heavy atom. The van der Waals surface area contributed by atoms with Crippen molar-refractivity contribution in [1.82, 2.24) is 20.0 Å². The van der Waals surface area contributed by atoms with Gasteiger partial charge in [-0.15, -0.1) is 0 Å². The normalized spacial score (nSPS) is 17.8. The maximum absolute atomic E-state index is 15.0. The van der Waals surface area contributed by atoms with Crippen molar-refractivity contribution in [2.75, 3.05) is 6.61 Å². The van der Waals surface area contributed by atoms with E-state index < -0.39 is 43.9 Å². The van der Waals surface area contributed by atoms with E-state index in [0.29, 0.717) is 26.9 Å². The molecule has 0 bridgehead atoms. The van der Waals surface area contributed by atoms with Gasteiger partial charge in [-0.2, -0.15) is 19.1 Å². The van der Waals surface area contributed by atoms with E-state index in [4.69, 9.17) is 21.0 Å². The summed E-state index contributed by atoms with van der Waals surface area (Å²) in [5.41, 5.74) is 0.204. The van der Waals surface area contributed by atoms with Gasteiger partial charge in [0.1, 0.15) is 6.07 Å². The lowest BCUT2D eigenvalue weighted by molar-refractivity contribution is -0.135. The molecule has 2 amide bonds. The summed E-state index contributed by atoms with van der Waals surface area (Å²) >= 11 is 6.28. The van der Waals surface area contributed by atoms with Crippen molar-refractivity contribution in [3.63, 3.8) is 0 Å². The van der Waals surface area contributed by atoms with Crippen LogP contribution in [0.4, 0.5) is 13.6 Å². The average Bonchev–Trinajstić information content (AvgIpc) is 3.57. The van der Waals surface area contributed by atoms with Gasteiger partial charge in [-0.25, -0.2) is 14.5 Å². The highest BCUT2D eigenvalue weighted by atomic mass is 35.5. The van der Waals surface area contributed by atoms with Gasteiger partial charge < -0.3 is 9.53 Å². The number of hydrogen-bond acceptors (Lipinski definition) is 6. The maximum atomic E-state index is 15.0. The van der Waals surface area contributed by atoms with Gasteiger partial charge in [0.05, 0.1) is 29.4 Å². The topological polar surface area (TPSA) is 133 Å². The molecule has 48 heavy (non-hydrogen) atoms. The van der Waals surface area contributed by atoms with E-state index in [2.05, 4.69) is 50.3 Å². The number of carboxylic acid groups (broad SMARTS) is 1. The van der Waals surface area contributed by atoms with Gasteiger partial charge in [0.2, 0.25) is 5.96 Å². The molecule has 256 valence electrons. The van der Waals surface area contributed by atoms with E-state index in [9.17, 15) is 23.9 Å². The molecule has 10 nitrogen and oxygen atoms in total. The number of alkyl halides is 2. The second-order valence-corrected chi connectivity index (χ2v) is 19.9. The Morgan fingerprint density at radius 1 is 1.12 bits per heavy atom. The van der Waals surface area contributed by atoms with Crippen molar-refractivity contribution in [2.24, 2.45) is 10.4 Å². The van der Waals surface area contributed by atoms with Crippen LogP contribution in [-0.4, -0.2) is 52.7 Å². The molecule has 4 rings (SSSR count). The number of hydrogen-bond donors (Lipinski definition) is 2. The fourth-order valence-electron chi connectivity index (χ4n) is 5.42. The third-order valence-electron chi connectivity index (χ3n) is 8.82. The highest BCUT2D eigenvalue weighted by molar-refractivity contribution is 6.74. The molecule has 0 radical (unpaired) electrons. The largest absolute Gasteiger partial charge is 0.465 e. The molecule has 0 spiro atoms. The smallest absolute Gasteiger partial charge is 0.411 e.